The molecule has 1 heterocycles. The van der Waals surface area contributed by atoms with Gasteiger partial charge in [-0.05, 0) is 40.5 Å². The minimum Gasteiger partial charge on any atom is -0.493 e. The summed E-state index contributed by atoms with van der Waals surface area (Å²) < 4.78 is 18.9. The lowest BCUT2D eigenvalue weighted by Crippen LogP contribution is -2.67. The number of ether oxygens (including phenoxy) is 2. The van der Waals surface area contributed by atoms with Gasteiger partial charge in [0.15, 0.2) is 11.5 Å². The Balaban J connectivity index is 1.59. The normalized spacial score (nSPS) is 12.5. The fourth-order valence-corrected chi connectivity index (χ4v) is 9.98. The van der Waals surface area contributed by atoms with Gasteiger partial charge in [-0.15, -0.1) is 0 Å². The summed E-state index contributed by atoms with van der Waals surface area (Å²) in [5.41, 5.74) is 0.642. The van der Waals surface area contributed by atoms with Crippen molar-refractivity contribution in [1.82, 2.24) is 4.98 Å². The molecule has 4 aromatic rings. The highest BCUT2D eigenvalue weighted by molar-refractivity contribution is 6.99. The second kappa shape index (κ2) is 13.1. The molecule has 41 heavy (non-hydrogen) atoms. The molecule has 4 rings (SSSR count). The standard InChI is InChI=1S/C32H34Cl2N2O4Si/c1-22(21-39-41(32(2,3)4,24-12-8-6-9-13-24)25-14-10-7-11-15-25)40-29-18-23(16-17-28(29)38-5)31(37)36-30-26(33)19-35-20-27(30)34/h6-20,22H,21H2,1-5H3,(H,35,36,37)/t22-/m0/s1. The number of benzene rings is 3. The van der Waals surface area contributed by atoms with Gasteiger partial charge in [-0.1, -0.05) is 105 Å². The fourth-order valence-electron chi connectivity index (χ4n) is 4.88. The molecule has 0 aliphatic carbocycles. The molecule has 0 bridgehead atoms. The van der Waals surface area contributed by atoms with E-state index in [9.17, 15) is 4.79 Å². The molecule has 0 radical (unpaired) electrons. The van der Waals surface area contributed by atoms with E-state index in [0.717, 1.165) is 0 Å². The van der Waals surface area contributed by atoms with Crippen LogP contribution in [0.1, 0.15) is 38.1 Å². The highest BCUT2D eigenvalue weighted by atomic mass is 35.5. The van der Waals surface area contributed by atoms with Crippen LogP contribution in [-0.4, -0.2) is 39.0 Å². The third kappa shape index (κ3) is 6.76. The van der Waals surface area contributed by atoms with Crippen molar-refractivity contribution in [2.24, 2.45) is 0 Å². The summed E-state index contributed by atoms with van der Waals surface area (Å²) in [6.07, 6.45) is 2.48. The van der Waals surface area contributed by atoms with Crippen molar-refractivity contribution in [2.45, 2.75) is 38.8 Å². The molecular formula is C32H34Cl2N2O4Si. The number of nitrogens with zero attached hydrogens (tertiary/aromatic N) is 1. The molecule has 9 heteroatoms. The van der Waals surface area contributed by atoms with Crippen LogP contribution in [0.2, 0.25) is 15.1 Å². The van der Waals surface area contributed by atoms with E-state index in [1.165, 1.54) is 22.8 Å². The van der Waals surface area contributed by atoms with Crippen molar-refractivity contribution in [1.29, 1.82) is 0 Å². The van der Waals surface area contributed by atoms with E-state index >= 15 is 0 Å². The van der Waals surface area contributed by atoms with Gasteiger partial charge in [-0.25, -0.2) is 0 Å². The van der Waals surface area contributed by atoms with Crippen molar-refractivity contribution in [3.05, 3.63) is 107 Å². The maximum atomic E-state index is 13.1. The maximum absolute atomic E-state index is 13.1. The highest BCUT2D eigenvalue weighted by Crippen LogP contribution is 2.37. The molecule has 0 aliphatic rings. The number of aromatic nitrogens is 1. The SMILES string of the molecule is COc1ccc(C(=O)Nc2c(Cl)cncc2Cl)cc1O[C@@H](C)CO[Si](c1ccccc1)(c1ccccc1)C(C)(C)C. The first-order valence-electron chi connectivity index (χ1n) is 13.3. The fraction of sp³-hybridized carbons (Fsp3) is 0.250. The number of hydrogen-bond donors (Lipinski definition) is 1. The summed E-state index contributed by atoms with van der Waals surface area (Å²) in [6.45, 7) is 8.97. The summed E-state index contributed by atoms with van der Waals surface area (Å²) in [6, 6.07) is 25.9. The van der Waals surface area contributed by atoms with E-state index in [1.807, 2.05) is 19.1 Å². The molecule has 1 amide bonds. The lowest BCUT2D eigenvalue weighted by atomic mass is 10.2. The van der Waals surface area contributed by atoms with Gasteiger partial charge in [0.25, 0.3) is 14.2 Å². The minimum atomic E-state index is -2.74. The number of rotatable bonds is 10. The number of carbonyl (C=O) groups is 1. The number of hydrogen-bond acceptors (Lipinski definition) is 5. The zero-order valence-corrected chi connectivity index (χ0v) is 26.3. The molecule has 0 saturated carbocycles. The van der Waals surface area contributed by atoms with Crippen LogP contribution in [-0.2, 0) is 4.43 Å². The van der Waals surface area contributed by atoms with Crippen molar-refractivity contribution < 1.29 is 18.7 Å². The van der Waals surface area contributed by atoms with Gasteiger partial charge in [-0.2, -0.15) is 0 Å². The monoisotopic (exact) mass is 608 g/mol. The molecule has 0 unspecified atom stereocenters. The number of halogens is 2. The lowest BCUT2D eigenvalue weighted by molar-refractivity contribution is 0.102. The number of pyridine rings is 1. The summed E-state index contributed by atoms with van der Waals surface area (Å²) in [4.78, 5) is 17.0. The first-order chi connectivity index (χ1) is 19.6. The first kappa shape index (κ1) is 30.6. The molecule has 6 nitrogen and oxygen atoms in total. The van der Waals surface area contributed by atoms with E-state index in [4.69, 9.17) is 37.1 Å². The first-order valence-corrected chi connectivity index (χ1v) is 15.9. The highest BCUT2D eigenvalue weighted by Gasteiger charge is 2.50. The third-order valence-electron chi connectivity index (χ3n) is 6.80. The van der Waals surface area contributed by atoms with Crippen LogP contribution in [0.15, 0.2) is 91.3 Å². The Morgan fingerprint density at radius 3 is 1.98 bits per heavy atom. The van der Waals surface area contributed by atoms with Gasteiger partial charge < -0.3 is 19.2 Å². The van der Waals surface area contributed by atoms with Crippen LogP contribution in [0.3, 0.4) is 0 Å². The van der Waals surface area contributed by atoms with E-state index in [0.29, 0.717) is 29.4 Å². The van der Waals surface area contributed by atoms with Gasteiger partial charge in [0.05, 0.1) is 29.4 Å². The largest absolute Gasteiger partial charge is 0.493 e. The van der Waals surface area contributed by atoms with Gasteiger partial charge in [0.2, 0.25) is 0 Å². The van der Waals surface area contributed by atoms with Crippen molar-refractivity contribution in [3.8, 4) is 11.5 Å². The Hall–Kier alpha value is -3.36. The average Bonchev–Trinajstić information content (AvgIpc) is 2.95. The van der Waals surface area contributed by atoms with Crippen LogP contribution in [0, 0.1) is 0 Å². The molecule has 1 N–H and O–H groups in total. The predicted molar refractivity (Wildman–Crippen MR) is 169 cm³/mol. The van der Waals surface area contributed by atoms with Crippen molar-refractivity contribution in [3.63, 3.8) is 0 Å². The molecule has 214 valence electrons. The Kier molecular flexibility index (Phi) is 9.76. The summed E-state index contributed by atoms with van der Waals surface area (Å²) in [5.74, 6) is 0.521. The second-order valence-electron chi connectivity index (χ2n) is 10.7. The average molecular weight is 610 g/mol. The van der Waals surface area contributed by atoms with E-state index in [-0.39, 0.29) is 21.2 Å². The molecule has 1 atom stereocenters. The zero-order valence-electron chi connectivity index (χ0n) is 23.8. The zero-order chi connectivity index (χ0) is 29.6. The van der Waals surface area contributed by atoms with Crippen molar-refractivity contribution in [2.75, 3.05) is 19.0 Å². The number of nitrogens with one attached hydrogen (secondary N) is 1. The third-order valence-corrected chi connectivity index (χ3v) is 12.4. The van der Waals surface area contributed by atoms with Gasteiger partial charge in [-0.3, -0.25) is 9.78 Å². The Labute approximate surface area is 252 Å². The number of carbonyl (C=O) groups excluding carboxylic acids is 1. The van der Waals surface area contributed by atoms with Crippen LogP contribution >= 0.6 is 23.2 Å². The molecule has 0 spiro atoms. The smallest absolute Gasteiger partial charge is 0.261 e. The van der Waals surface area contributed by atoms with Gasteiger partial charge in [0.1, 0.15) is 6.10 Å². The molecule has 0 aliphatic heterocycles. The summed E-state index contributed by atoms with van der Waals surface area (Å²) >= 11 is 12.4. The van der Waals surface area contributed by atoms with Gasteiger partial charge >= 0.3 is 0 Å². The summed E-state index contributed by atoms with van der Waals surface area (Å²) in [7, 11) is -1.18. The predicted octanol–water partition coefficient (Wildman–Crippen LogP) is 6.99. The topological polar surface area (TPSA) is 69.7 Å². The van der Waals surface area contributed by atoms with Crippen LogP contribution < -0.4 is 25.2 Å². The second-order valence-corrected chi connectivity index (χ2v) is 15.8. The quantitative estimate of drug-likeness (QED) is 0.196. The number of amides is 1. The van der Waals surface area contributed by atoms with Crippen molar-refractivity contribution >= 4 is 53.5 Å². The summed E-state index contributed by atoms with van der Waals surface area (Å²) in [5, 5.41) is 5.45. The van der Waals surface area contributed by atoms with E-state index in [1.54, 1.807) is 25.3 Å². The number of methoxy groups -OCH3 is 1. The molecular weight excluding hydrogens is 575 g/mol. The molecule has 0 saturated heterocycles. The minimum absolute atomic E-state index is 0.166. The van der Waals surface area contributed by atoms with Crippen LogP contribution in [0.25, 0.3) is 0 Å². The maximum Gasteiger partial charge on any atom is 0.261 e. The molecule has 0 fully saturated rings. The van der Waals surface area contributed by atoms with E-state index in [2.05, 4.69) is 79.6 Å². The van der Waals surface area contributed by atoms with Gasteiger partial charge in [0, 0.05) is 18.0 Å². The Morgan fingerprint density at radius 2 is 1.46 bits per heavy atom. The van der Waals surface area contributed by atoms with E-state index < -0.39 is 14.2 Å². The molecule has 3 aromatic carbocycles. The Morgan fingerprint density at radius 1 is 0.902 bits per heavy atom. The lowest BCUT2D eigenvalue weighted by Gasteiger charge is -2.43. The number of anilines is 1. The van der Waals surface area contributed by atoms with Crippen LogP contribution in [0.4, 0.5) is 5.69 Å². The Bertz CT molecular complexity index is 1420. The molecule has 1 aromatic heterocycles. The van der Waals surface area contributed by atoms with Crippen LogP contribution in [0.5, 0.6) is 11.5 Å².